The number of carbonyl (C=O) groups excluding carboxylic acids is 2. The van der Waals surface area contributed by atoms with Crippen LogP contribution in [0.3, 0.4) is 0 Å². The number of carbonyl (C=O) groups is 2. The van der Waals surface area contributed by atoms with Crippen LogP contribution in [-0.4, -0.2) is 36.5 Å². The van der Waals surface area contributed by atoms with Gasteiger partial charge in [-0.15, -0.1) is 0 Å². The molecular formula is C25H31N3O3. The van der Waals surface area contributed by atoms with Gasteiger partial charge in [-0.3, -0.25) is 4.79 Å². The van der Waals surface area contributed by atoms with Crippen molar-refractivity contribution in [2.45, 2.75) is 51.1 Å². The number of hydrogen-bond donors (Lipinski definition) is 2. The van der Waals surface area contributed by atoms with Crippen molar-refractivity contribution in [2.75, 3.05) is 19.0 Å². The third-order valence-electron chi connectivity index (χ3n) is 6.49. The second-order valence-corrected chi connectivity index (χ2v) is 8.46. The first kappa shape index (κ1) is 21.2. The smallest absolute Gasteiger partial charge is 0.319 e. The zero-order chi connectivity index (χ0) is 21.6. The van der Waals surface area contributed by atoms with Gasteiger partial charge in [-0.05, 0) is 49.3 Å². The monoisotopic (exact) mass is 421 g/mol. The molecule has 3 amide bonds. The highest BCUT2D eigenvalue weighted by molar-refractivity contribution is 5.98. The fourth-order valence-corrected chi connectivity index (χ4v) is 4.93. The molecule has 0 bridgehead atoms. The molecule has 2 N–H and O–H groups in total. The predicted molar refractivity (Wildman–Crippen MR) is 121 cm³/mol. The van der Waals surface area contributed by atoms with Crippen molar-refractivity contribution in [3.05, 3.63) is 59.7 Å². The van der Waals surface area contributed by atoms with Gasteiger partial charge in [-0.2, -0.15) is 0 Å². The van der Waals surface area contributed by atoms with E-state index in [0.717, 1.165) is 24.9 Å². The molecule has 1 aliphatic heterocycles. The van der Waals surface area contributed by atoms with Crippen LogP contribution in [0.1, 0.15) is 54.4 Å². The minimum absolute atomic E-state index is 0.0357. The highest BCUT2D eigenvalue weighted by Gasteiger charge is 2.36. The van der Waals surface area contributed by atoms with Crippen molar-refractivity contribution < 1.29 is 14.3 Å². The van der Waals surface area contributed by atoms with Crippen LogP contribution in [0.2, 0.25) is 0 Å². The van der Waals surface area contributed by atoms with Crippen LogP contribution < -0.4 is 15.4 Å². The van der Waals surface area contributed by atoms with Crippen LogP contribution in [-0.2, 0) is 6.54 Å². The molecule has 2 fully saturated rings. The average molecular weight is 422 g/mol. The lowest BCUT2D eigenvalue weighted by Gasteiger charge is -2.44. The fourth-order valence-electron chi connectivity index (χ4n) is 4.93. The summed E-state index contributed by atoms with van der Waals surface area (Å²) in [6, 6.07) is 15.0. The molecule has 2 aromatic rings. The van der Waals surface area contributed by atoms with Crippen LogP contribution in [0.15, 0.2) is 48.5 Å². The van der Waals surface area contributed by atoms with Crippen molar-refractivity contribution in [2.24, 2.45) is 5.92 Å². The lowest BCUT2D eigenvalue weighted by molar-refractivity contribution is 0.0388. The van der Waals surface area contributed by atoms with E-state index in [0.29, 0.717) is 35.5 Å². The number of hydrogen-bond acceptors (Lipinski definition) is 3. The first-order chi connectivity index (χ1) is 15.2. The number of ether oxygens (including phenoxy) is 1. The summed E-state index contributed by atoms with van der Waals surface area (Å²) >= 11 is 0. The van der Waals surface area contributed by atoms with Gasteiger partial charge in [0.2, 0.25) is 0 Å². The van der Waals surface area contributed by atoms with Gasteiger partial charge >= 0.3 is 6.03 Å². The van der Waals surface area contributed by atoms with Gasteiger partial charge in [-0.25, -0.2) is 4.79 Å². The normalized spacial score (nSPS) is 20.5. The highest BCUT2D eigenvalue weighted by atomic mass is 16.5. The summed E-state index contributed by atoms with van der Waals surface area (Å²) in [4.78, 5) is 27.7. The maximum atomic E-state index is 13.4. The second kappa shape index (κ2) is 9.86. The number of benzene rings is 2. The van der Waals surface area contributed by atoms with E-state index in [-0.39, 0.29) is 11.9 Å². The molecule has 0 aromatic heterocycles. The van der Waals surface area contributed by atoms with Crippen LogP contribution in [0.25, 0.3) is 0 Å². The number of rotatable bonds is 5. The van der Waals surface area contributed by atoms with Crippen LogP contribution in [0.5, 0.6) is 5.75 Å². The van der Waals surface area contributed by atoms with Crippen molar-refractivity contribution >= 4 is 17.6 Å². The Morgan fingerprint density at radius 3 is 2.61 bits per heavy atom. The number of urea groups is 1. The zero-order valence-corrected chi connectivity index (χ0v) is 18.1. The Balaban J connectivity index is 1.42. The second-order valence-electron chi connectivity index (χ2n) is 8.46. The first-order valence-corrected chi connectivity index (χ1v) is 11.2. The summed E-state index contributed by atoms with van der Waals surface area (Å²) in [6.45, 7) is 1.25. The quantitative estimate of drug-likeness (QED) is 0.728. The summed E-state index contributed by atoms with van der Waals surface area (Å²) in [5, 5.41) is 5.66. The average Bonchev–Trinajstić information content (AvgIpc) is 2.82. The number of likely N-dealkylation sites (tertiary alicyclic amines) is 1. The molecule has 6 nitrogen and oxygen atoms in total. The maximum absolute atomic E-state index is 13.4. The molecule has 1 saturated heterocycles. The molecule has 1 saturated carbocycles. The van der Waals surface area contributed by atoms with Crippen molar-refractivity contribution in [3.63, 3.8) is 0 Å². The number of anilines is 1. The minimum atomic E-state index is -0.300. The molecule has 6 heteroatoms. The Morgan fingerprint density at radius 2 is 1.81 bits per heavy atom. The van der Waals surface area contributed by atoms with E-state index in [1.54, 1.807) is 25.3 Å². The van der Waals surface area contributed by atoms with E-state index < -0.39 is 0 Å². The van der Waals surface area contributed by atoms with Crippen molar-refractivity contribution in [1.29, 1.82) is 0 Å². The fraction of sp³-hybridized carbons (Fsp3) is 0.440. The number of fused-ring (bicyclic) bond motifs is 1. The van der Waals surface area contributed by atoms with Crippen LogP contribution in [0, 0.1) is 5.92 Å². The lowest BCUT2D eigenvalue weighted by atomic mass is 9.78. The van der Waals surface area contributed by atoms with Gasteiger partial charge in [-0.1, -0.05) is 43.2 Å². The van der Waals surface area contributed by atoms with E-state index in [2.05, 4.69) is 15.5 Å². The summed E-state index contributed by atoms with van der Waals surface area (Å²) in [6.07, 6.45) is 7.09. The van der Waals surface area contributed by atoms with E-state index in [1.165, 1.54) is 25.7 Å². The molecule has 0 spiro atoms. The van der Waals surface area contributed by atoms with Gasteiger partial charge < -0.3 is 20.3 Å². The Labute approximate surface area is 184 Å². The molecule has 31 heavy (non-hydrogen) atoms. The highest BCUT2D eigenvalue weighted by Crippen LogP contribution is 2.37. The molecule has 2 aliphatic rings. The Kier molecular flexibility index (Phi) is 6.75. The number of methoxy groups -OCH3 is 1. The molecule has 2 atom stereocenters. The summed E-state index contributed by atoms with van der Waals surface area (Å²) in [5.41, 5.74) is 2.18. The lowest BCUT2D eigenvalue weighted by Crippen LogP contribution is -2.49. The van der Waals surface area contributed by atoms with Gasteiger partial charge in [0.15, 0.2) is 0 Å². The topological polar surface area (TPSA) is 70.7 Å². The van der Waals surface area contributed by atoms with Gasteiger partial charge in [0.05, 0.1) is 12.7 Å². The zero-order valence-electron chi connectivity index (χ0n) is 18.1. The van der Waals surface area contributed by atoms with E-state index in [1.807, 2.05) is 30.3 Å². The third-order valence-corrected chi connectivity index (χ3v) is 6.49. The molecule has 2 aromatic carbocycles. The number of amides is 3. The van der Waals surface area contributed by atoms with Crippen LogP contribution in [0.4, 0.5) is 10.5 Å². The molecule has 1 heterocycles. The molecular weight excluding hydrogens is 390 g/mol. The number of piperidine rings is 1. The molecule has 4 rings (SSSR count). The number of nitrogens with one attached hydrogen (secondary N) is 2. The minimum Gasteiger partial charge on any atom is -0.496 e. The van der Waals surface area contributed by atoms with Crippen LogP contribution >= 0.6 is 0 Å². The largest absolute Gasteiger partial charge is 0.496 e. The predicted octanol–water partition coefficient (Wildman–Crippen LogP) is 4.81. The third kappa shape index (κ3) is 5.01. The molecule has 2 unspecified atom stereocenters. The summed E-state index contributed by atoms with van der Waals surface area (Å²) < 4.78 is 5.53. The SMILES string of the molecule is COc1cc(NC(=O)NCc2ccccc2)ccc1C(=O)N1CCCC2CCCCC21. The van der Waals surface area contributed by atoms with Gasteiger partial charge in [0, 0.05) is 30.9 Å². The molecule has 0 radical (unpaired) electrons. The Bertz CT molecular complexity index is 913. The van der Waals surface area contributed by atoms with Crippen molar-refractivity contribution in [3.8, 4) is 5.75 Å². The summed E-state index contributed by atoms with van der Waals surface area (Å²) in [7, 11) is 1.56. The Morgan fingerprint density at radius 1 is 1.03 bits per heavy atom. The molecule has 1 aliphatic carbocycles. The van der Waals surface area contributed by atoms with Gasteiger partial charge in [0.25, 0.3) is 5.91 Å². The Hall–Kier alpha value is -3.02. The van der Waals surface area contributed by atoms with Gasteiger partial charge in [0.1, 0.15) is 5.75 Å². The standard InChI is InChI=1S/C25H31N3O3/c1-31-23-16-20(27-25(30)26-17-18-8-3-2-4-9-18)13-14-21(23)24(29)28-15-7-11-19-10-5-6-12-22(19)28/h2-4,8-9,13-14,16,19,22H,5-7,10-12,15,17H2,1H3,(H2,26,27,30). The first-order valence-electron chi connectivity index (χ1n) is 11.2. The van der Waals surface area contributed by atoms with E-state index in [4.69, 9.17) is 4.74 Å². The van der Waals surface area contributed by atoms with Crippen molar-refractivity contribution in [1.82, 2.24) is 10.2 Å². The van der Waals surface area contributed by atoms with E-state index in [9.17, 15) is 9.59 Å². The number of nitrogens with zero attached hydrogens (tertiary/aromatic N) is 1. The maximum Gasteiger partial charge on any atom is 0.319 e. The molecule has 164 valence electrons. The summed E-state index contributed by atoms with van der Waals surface area (Å²) in [5.74, 6) is 1.16. The van der Waals surface area contributed by atoms with E-state index >= 15 is 0 Å².